The van der Waals surface area contributed by atoms with Crippen LogP contribution in [0.4, 0.5) is 5.69 Å². The first kappa shape index (κ1) is 21.3. The Morgan fingerprint density at radius 2 is 1.72 bits per heavy atom. The number of rotatable bonds is 6. The van der Waals surface area contributed by atoms with Crippen LogP contribution in [0.3, 0.4) is 0 Å². The number of sulfonamides is 1. The Labute approximate surface area is 172 Å². The fourth-order valence-corrected chi connectivity index (χ4v) is 4.82. The molecule has 0 unspecified atom stereocenters. The van der Waals surface area contributed by atoms with Gasteiger partial charge < -0.3 is 15.0 Å². The molecule has 29 heavy (non-hydrogen) atoms. The van der Waals surface area contributed by atoms with E-state index in [4.69, 9.17) is 4.74 Å². The molecule has 2 aromatic rings. The zero-order valence-corrected chi connectivity index (χ0v) is 17.8. The number of nitrogens with one attached hydrogen (secondary N) is 1. The molecule has 0 aromatic heterocycles. The number of methoxy groups -OCH3 is 1. The number of aryl methyl sites for hydroxylation is 1. The summed E-state index contributed by atoms with van der Waals surface area (Å²) >= 11 is 0. The third kappa shape index (κ3) is 4.77. The van der Waals surface area contributed by atoms with Gasteiger partial charge in [0.1, 0.15) is 10.6 Å². The van der Waals surface area contributed by atoms with Crippen LogP contribution in [-0.4, -0.2) is 63.9 Å². The predicted molar refractivity (Wildman–Crippen MR) is 113 cm³/mol. The summed E-state index contributed by atoms with van der Waals surface area (Å²) in [6.07, 6.45) is 0.917. The molecule has 1 aliphatic rings. The normalized spacial score (nSPS) is 15.8. The van der Waals surface area contributed by atoms with Gasteiger partial charge in [-0.2, -0.15) is 4.31 Å². The van der Waals surface area contributed by atoms with E-state index in [1.165, 1.54) is 29.1 Å². The third-order valence-electron chi connectivity index (χ3n) is 5.13. The Hall–Kier alpha value is -2.42. The van der Waals surface area contributed by atoms with Gasteiger partial charge in [-0.3, -0.25) is 4.79 Å². The molecule has 0 bridgehead atoms. The van der Waals surface area contributed by atoms with Gasteiger partial charge in [-0.05, 0) is 49.4 Å². The Morgan fingerprint density at radius 3 is 2.31 bits per heavy atom. The maximum absolute atomic E-state index is 13.2. The fourth-order valence-electron chi connectivity index (χ4n) is 3.21. The van der Waals surface area contributed by atoms with Crippen LogP contribution in [-0.2, 0) is 16.4 Å². The highest BCUT2D eigenvalue weighted by Crippen LogP contribution is 2.29. The molecule has 1 N–H and O–H groups in total. The topological polar surface area (TPSA) is 78.9 Å². The number of hydrogen-bond acceptors (Lipinski definition) is 5. The van der Waals surface area contributed by atoms with E-state index in [-0.39, 0.29) is 22.1 Å². The molecule has 1 aliphatic heterocycles. The van der Waals surface area contributed by atoms with Crippen molar-refractivity contribution in [3.8, 4) is 5.75 Å². The maximum Gasteiger partial charge on any atom is 0.255 e. The zero-order chi connectivity index (χ0) is 21.0. The standard InChI is InChI=1S/C21H27N3O4S/c1-4-16-5-8-18(9-6-16)22-21(25)17-7-10-19(28-3)20(15-17)29(26,27)24-13-11-23(2)12-14-24/h5-10,15H,4,11-14H2,1-3H3,(H,22,25). The summed E-state index contributed by atoms with van der Waals surface area (Å²) in [5, 5.41) is 2.82. The van der Waals surface area contributed by atoms with Gasteiger partial charge in [0.25, 0.3) is 5.91 Å². The fraction of sp³-hybridized carbons (Fsp3) is 0.381. The summed E-state index contributed by atoms with van der Waals surface area (Å²) < 4.78 is 33.1. The van der Waals surface area contributed by atoms with E-state index in [2.05, 4.69) is 17.1 Å². The third-order valence-corrected chi connectivity index (χ3v) is 7.05. The van der Waals surface area contributed by atoms with Gasteiger partial charge in [0.05, 0.1) is 7.11 Å². The number of likely N-dealkylation sites (N-methyl/N-ethyl adjacent to an activating group) is 1. The summed E-state index contributed by atoms with van der Waals surface area (Å²) in [4.78, 5) is 14.8. The van der Waals surface area contributed by atoms with Gasteiger partial charge >= 0.3 is 0 Å². The average molecular weight is 418 g/mol. The molecule has 1 amide bonds. The van der Waals surface area contributed by atoms with E-state index in [0.717, 1.165) is 6.42 Å². The van der Waals surface area contributed by atoms with Crippen molar-refractivity contribution in [3.63, 3.8) is 0 Å². The van der Waals surface area contributed by atoms with Gasteiger partial charge in [0.15, 0.2) is 0 Å². The van der Waals surface area contributed by atoms with Crippen molar-refractivity contribution in [3.05, 3.63) is 53.6 Å². The maximum atomic E-state index is 13.2. The van der Waals surface area contributed by atoms with E-state index in [1.54, 1.807) is 6.07 Å². The highest BCUT2D eigenvalue weighted by molar-refractivity contribution is 7.89. The second-order valence-electron chi connectivity index (χ2n) is 7.08. The molecule has 7 nitrogen and oxygen atoms in total. The molecule has 0 radical (unpaired) electrons. The van der Waals surface area contributed by atoms with Crippen LogP contribution in [0.25, 0.3) is 0 Å². The van der Waals surface area contributed by atoms with E-state index >= 15 is 0 Å². The van der Waals surface area contributed by atoms with Crippen molar-refractivity contribution < 1.29 is 17.9 Å². The second-order valence-corrected chi connectivity index (χ2v) is 8.98. The largest absolute Gasteiger partial charge is 0.495 e. The number of ether oxygens (including phenoxy) is 1. The first-order valence-corrected chi connectivity index (χ1v) is 11.1. The van der Waals surface area contributed by atoms with Gasteiger partial charge in [0.2, 0.25) is 10.0 Å². The molecule has 0 spiro atoms. The van der Waals surface area contributed by atoms with E-state index in [0.29, 0.717) is 31.9 Å². The number of piperazine rings is 1. The molecule has 0 saturated carbocycles. The molecular formula is C21H27N3O4S. The number of anilines is 1. The summed E-state index contributed by atoms with van der Waals surface area (Å²) in [5.74, 6) is -0.139. The second kappa shape index (κ2) is 8.94. The van der Waals surface area contributed by atoms with E-state index in [9.17, 15) is 13.2 Å². The van der Waals surface area contributed by atoms with Crippen LogP contribution in [0.15, 0.2) is 47.4 Å². The number of hydrogen-bond donors (Lipinski definition) is 1. The Kier molecular flexibility index (Phi) is 6.56. The van der Waals surface area contributed by atoms with Gasteiger partial charge in [-0.25, -0.2) is 8.42 Å². The number of amides is 1. The van der Waals surface area contributed by atoms with Crippen LogP contribution in [0.2, 0.25) is 0 Å². The smallest absolute Gasteiger partial charge is 0.255 e. The van der Waals surface area contributed by atoms with Gasteiger partial charge in [0, 0.05) is 37.4 Å². The van der Waals surface area contributed by atoms with Crippen LogP contribution in [0.1, 0.15) is 22.8 Å². The summed E-state index contributed by atoms with van der Waals surface area (Å²) in [6, 6.07) is 12.1. The minimum atomic E-state index is -3.76. The number of carbonyl (C=O) groups excluding carboxylic acids is 1. The van der Waals surface area contributed by atoms with Crippen LogP contribution in [0, 0.1) is 0 Å². The van der Waals surface area contributed by atoms with Crippen molar-refractivity contribution >= 4 is 21.6 Å². The van der Waals surface area contributed by atoms with Crippen molar-refractivity contribution in [2.24, 2.45) is 0 Å². The lowest BCUT2D eigenvalue weighted by Crippen LogP contribution is -2.47. The van der Waals surface area contributed by atoms with E-state index < -0.39 is 10.0 Å². The van der Waals surface area contributed by atoms with Crippen molar-refractivity contribution in [1.29, 1.82) is 0 Å². The lowest BCUT2D eigenvalue weighted by molar-refractivity contribution is 0.102. The van der Waals surface area contributed by atoms with Crippen LogP contribution < -0.4 is 10.1 Å². The molecular weight excluding hydrogens is 390 g/mol. The molecule has 0 aliphatic carbocycles. The first-order chi connectivity index (χ1) is 13.8. The summed E-state index contributed by atoms with van der Waals surface area (Å²) in [7, 11) is -0.380. The lowest BCUT2D eigenvalue weighted by Gasteiger charge is -2.31. The minimum absolute atomic E-state index is 0.0125. The van der Waals surface area contributed by atoms with Crippen LogP contribution >= 0.6 is 0 Å². The zero-order valence-electron chi connectivity index (χ0n) is 17.0. The Bertz CT molecular complexity index is 966. The summed E-state index contributed by atoms with van der Waals surface area (Å²) in [6.45, 7) is 4.20. The predicted octanol–water partition coefficient (Wildman–Crippen LogP) is 2.45. The van der Waals surface area contributed by atoms with E-state index in [1.807, 2.05) is 31.3 Å². The van der Waals surface area contributed by atoms with Gasteiger partial charge in [-0.1, -0.05) is 19.1 Å². The molecule has 8 heteroatoms. The minimum Gasteiger partial charge on any atom is -0.495 e. The average Bonchev–Trinajstić information content (AvgIpc) is 2.74. The molecule has 1 fully saturated rings. The van der Waals surface area contributed by atoms with Crippen molar-refractivity contribution in [2.45, 2.75) is 18.2 Å². The summed E-state index contributed by atoms with van der Waals surface area (Å²) in [5.41, 5.74) is 2.09. The monoisotopic (exact) mass is 417 g/mol. The number of benzene rings is 2. The Morgan fingerprint density at radius 1 is 1.07 bits per heavy atom. The first-order valence-electron chi connectivity index (χ1n) is 9.62. The highest BCUT2D eigenvalue weighted by Gasteiger charge is 2.30. The molecule has 156 valence electrons. The van der Waals surface area contributed by atoms with Crippen molar-refractivity contribution in [1.82, 2.24) is 9.21 Å². The highest BCUT2D eigenvalue weighted by atomic mass is 32.2. The number of carbonyl (C=O) groups is 1. The van der Waals surface area contributed by atoms with Gasteiger partial charge in [-0.15, -0.1) is 0 Å². The molecule has 1 heterocycles. The molecule has 1 saturated heterocycles. The van der Waals surface area contributed by atoms with Crippen LogP contribution in [0.5, 0.6) is 5.75 Å². The SMILES string of the molecule is CCc1ccc(NC(=O)c2ccc(OC)c(S(=O)(=O)N3CCN(C)CC3)c2)cc1. The quantitative estimate of drug-likeness (QED) is 0.781. The molecule has 0 atom stereocenters. The lowest BCUT2D eigenvalue weighted by atomic mass is 10.1. The Balaban J connectivity index is 1.86. The number of nitrogens with zero attached hydrogens (tertiary/aromatic N) is 2. The molecule has 2 aromatic carbocycles. The van der Waals surface area contributed by atoms with Crippen molar-refractivity contribution in [2.75, 3.05) is 45.7 Å². The molecule has 3 rings (SSSR count).